The van der Waals surface area contributed by atoms with Gasteiger partial charge in [-0.2, -0.15) is 0 Å². The van der Waals surface area contributed by atoms with Gasteiger partial charge in [-0.3, -0.25) is 0 Å². The third-order valence-corrected chi connectivity index (χ3v) is 11.3. The van der Waals surface area contributed by atoms with Crippen LogP contribution in [-0.2, 0) is 0 Å². The van der Waals surface area contributed by atoms with Crippen molar-refractivity contribution in [2.45, 2.75) is 0 Å². The highest BCUT2D eigenvalue weighted by molar-refractivity contribution is 6.11. The van der Waals surface area contributed by atoms with Crippen molar-refractivity contribution in [3.63, 3.8) is 0 Å². The highest BCUT2D eigenvalue weighted by atomic mass is 15.0. The van der Waals surface area contributed by atoms with Crippen molar-refractivity contribution in [3.05, 3.63) is 218 Å². The van der Waals surface area contributed by atoms with E-state index in [1.807, 2.05) is 0 Å². The minimum atomic E-state index is 1.17. The SMILES string of the molecule is c1cc(-c2cccc(-c3ccccc3-n3c4ccccc4c4ccccc43)c2)cc(-c2cccc(-c3ccccc3-n3c4ccccc4c4ccccc43)c2)c1. The van der Waals surface area contributed by atoms with Crippen LogP contribution >= 0.6 is 0 Å². The van der Waals surface area contributed by atoms with Crippen molar-refractivity contribution in [1.82, 2.24) is 9.13 Å². The maximum atomic E-state index is 2.42. The molecule has 0 unspecified atom stereocenters. The Bertz CT molecular complexity index is 2940. The molecule has 0 fully saturated rings. The van der Waals surface area contributed by atoms with Crippen molar-refractivity contribution in [2.24, 2.45) is 0 Å². The van der Waals surface area contributed by atoms with Crippen LogP contribution in [0.5, 0.6) is 0 Å². The minimum Gasteiger partial charge on any atom is -0.309 e. The fourth-order valence-electron chi connectivity index (χ4n) is 8.80. The summed E-state index contributed by atoms with van der Waals surface area (Å²) in [5, 5.41) is 5.07. The van der Waals surface area contributed by atoms with Gasteiger partial charge < -0.3 is 9.13 Å². The monoisotopic (exact) mass is 712 g/mol. The lowest BCUT2D eigenvalue weighted by Crippen LogP contribution is -1.97. The Labute approximate surface area is 325 Å². The second-order valence-electron chi connectivity index (χ2n) is 14.5. The van der Waals surface area contributed by atoms with Crippen LogP contribution in [-0.4, -0.2) is 9.13 Å². The number of para-hydroxylation sites is 6. The summed E-state index contributed by atoms with van der Waals surface area (Å²) in [6, 6.07) is 79.4. The predicted octanol–water partition coefficient (Wildman–Crippen LogP) is 14.5. The van der Waals surface area contributed by atoms with Crippen molar-refractivity contribution in [1.29, 1.82) is 0 Å². The zero-order valence-corrected chi connectivity index (χ0v) is 30.7. The van der Waals surface area contributed by atoms with Gasteiger partial charge in [0.25, 0.3) is 0 Å². The summed E-state index contributed by atoms with van der Waals surface area (Å²) < 4.78 is 4.83. The topological polar surface area (TPSA) is 9.86 Å². The molecule has 0 aliphatic carbocycles. The predicted molar refractivity (Wildman–Crippen MR) is 237 cm³/mol. The number of hydrogen-bond donors (Lipinski definition) is 0. The van der Waals surface area contributed by atoms with Crippen LogP contribution in [0.4, 0.5) is 0 Å². The molecule has 2 aromatic heterocycles. The molecule has 0 aliphatic rings. The minimum absolute atomic E-state index is 1.17. The third-order valence-electron chi connectivity index (χ3n) is 11.3. The number of aromatic nitrogens is 2. The molecule has 11 rings (SSSR count). The molecule has 2 heteroatoms. The van der Waals surface area contributed by atoms with E-state index in [1.165, 1.54) is 99.5 Å². The average molecular weight is 713 g/mol. The molecule has 0 atom stereocenters. The molecule has 0 aliphatic heterocycles. The summed E-state index contributed by atoms with van der Waals surface area (Å²) in [6.07, 6.45) is 0. The summed E-state index contributed by atoms with van der Waals surface area (Å²) >= 11 is 0. The molecule has 0 N–H and O–H groups in total. The first-order chi connectivity index (χ1) is 27.8. The van der Waals surface area contributed by atoms with Gasteiger partial charge in [0, 0.05) is 32.7 Å². The maximum Gasteiger partial charge on any atom is 0.0541 e. The van der Waals surface area contributed by atoms with Crippen LogP contribution in [0.2, 0.25) is 0 Å². The molecule has 0 bridgehead atoms. The quantitative estimate of drug-likeness (QED) is 0.162. The second kappa shape index (κ2) is 13.2. The molecule has 11 aromatic rings. The van der Waals surface area contributed by atoms with E-state index in [9.17, 15) is 0 Å². The number of rotatable bonds is 6. The molecular weight excluding hydrogens is 677 g/mol. The van der Waals surface area contributed by atoms with Crippen molar-refractivity contribution in [3.8, 4) is 55.9 Å². The number of fused-ring (bicyclic) bond motifs is 6. The van der Waals surface area contributed by atoms with Gasteiger partial charge in [-0.1, -0.05) is 164 Å². The standard InChI is InChI=1S/C54H36N2/c1-7-28-49(55-51-30-9-3-24-45(51)46-25-4-10-31-52(46)55)43(22-1)41-20-14-18-39(35-41)37-16-13-17-38(34-37)40-19-15-21-42(36-40)44-23-2-8-29-50(44)56-53-32-11-5-26-47(53)48-27-6-12-33-54(48)56/h1-36H. The van der Waals surface area contributed by atoms with Gasteiger partial charge in [0.15, 0.2) is 0 Å². The summed E-state index contributed by atoms with van der Waals surface area (Å²) in [7, 11) is 0. The van der Waals surface area contributed by atoms with Gasteiger partial charge in [0.05, 0.1) is 33.4 Å². The van der Waals surface area contributed by atoms with Gasteiger partial charge in [0.1, 0.15) is 0 Å². The highest BCUT2D eigenvalue weighted by Gasteiger charge is 2.17. The molecule has 2 nitrogen and oxygen atoms in total. The second-order valence-corrected chi connectivity index (χ2v) is 14.5. The van der Waals surface area contributed by atoms with Gasteiger partial charge in [-0.25, -0.2) is 0 Å². The molecule has 2 heterocycles. The Hall–Kier alpha value is -7.42. The Morgan fingerprint density at radius 3 is 0.839 bits per heavy atom. The zero-order valence-electron chi connectivity index (χ0n) is 30.7. The first kappa shape index (κ1) is 32.0. The fourth-order valence-corrected chi connectivity index (χ4v) is 8.80. The smallest absolute Gasteiger partial charge is 0.0541 e. The van der Waals surface area contributed by atoms with Crippen molar-refractivity contribution < 1.29 is 0 Å². The molecule has 0 radical (unpaired) electrons. The zero-order chi connectivity index (χ0) is 37.0. The van der Waals surface area contributed by atoms with Gasteiger partial charge in [-0.05, 0) is 88.0 Å². The fraction of sp³-hybridized carbons (Fsp3) is 0. The lowest BCUT2D eigenvalue weighted by atomic mass is 9.94. The summed E-state index contributed by atoms with van der Waals surface area (Å²) in [6.45, 7) is 0. The molecular formula is C54H36N2. The van der Waals surface area contributed by atoms with Crippen LogP contribution in [0.25, 0.3) is 99.5 Å². The Morgan fingerprint density at radius 2 is 0.482 bits per heavy atom. The van der Waals surface area contributed by atoms with Crippen LogP contribution in [0.1, 0.15) is 0 Å². The third kappa shape index (κ3) is 5.19. The summed E-state index contributed by atoms with van der Waals surface area (Å²) in [5.74, 6) is 0. The highest BCUT2D eigenvalue weighted by Crippen LogP contribution is 2.39. The van der Waals surface area contributed by atoms with Gasteiger partial charge in [0.2, 0.25) is 0 Å². The molecule has 56 heavy (non-hydrogen) atoms. The Morgan fingerprint density at radius 1 is 0.214 bits per heavy atom. The molecule has 0 spiro atoms. The van der Waals surface area contributed by atoms with Crippen LogP contribution in [0, 0.1) is 0 Å². The van der Waals surface area contributed by atoms with Crippen LogP contribution in [0.3, 0.4) is 0 Å². The van der Waals surface area contributed by atoms with Gasteiger partial charge >= 0.3 is 0 Å². The molecule has 0 saturated carbocycles. The number of benzene rings is 9. The lowest BCUT2D eigenvalue weighted by Gasteiger charge is -2.15. The van der Waals surface area contributed by atoms with E-state index in [0.29, 0.717) is 0 Å². The maximum absolute atomic E-state index is 2.42. The van der Waals surface area contributed by atoms with Crippen LogP contribution in [0.15, 0.2) is 218 Å². The lowest BCUT2D eigenvalue weighted by molar-refractivity contribution is 1.18. The van der Waals surface area contributed by atoms with E-state index in [1.54, 1.807) is 0 Å². The van der Waals surface area contributed by atoms with Crippen molar-refractivity contribution in [2.75, 3.05) is 0 Å². The first-order valence-electron chi connectivity index (χ1n) is 19.3. The largest absolute Gasteiger partial charge is 0.309 e. The molecule has 0 saturated heterocycles. The normalized spacial score (nSPS) is 11.6. The first-order valence-corrected chi connectivity index (χ1v) is 19.3. The van der Waals surface area contributed by atoms with Crippen molar-refractivity contribution >= 4 is 43.6 Å². The van der Waals surface area contributed by atoms with Gasteiger partial charge in [-0.15, -0.1) is 0 Å². The average Bonchev–Trinajstić information content (AvgIpc) is 3.79. The Kier molecular flexibility index (Phi) is 7.53. The molecule has 0 amide bonds. The Balaban J connectivity index is 0.984. The molecule has 262 valence electrons. The van der Waals surface area contributed by atoms with E-state index < -0.39 is 0 Å². The van der Waals surface area contributed by atoms with E-state index in [-0.39, 0.29) is 0 Å². The molecule has 9 aromatic carbocycles. The summed E-state index contributed by atoms with van der Waals surface area (Å²) in [4.78, 5) is 0. The van der Waals surface area contributed by atoms with E-state index in [4.69, 9.17) is 0 Å². The summed E-state index contributed by atoms with van der Waals surface area (Å²) in [5.41, 5.74) is 16.7. The van der Waals surface area contributed by atoms with E-state index in [2.05, 4.69) is 228 Å². The number of hydrogen-bond acceptors (Lipinski definition) is 0. The number of nitrogens with zero attached hydrogens (tertiary/aromatic N) is 2. The van der Waals surface area contributed by atoms with Crippen LogP contribution < -0.4 is 0 Å². The van der Waals surface area contributed by atoms with E-state index >= 15 is 0 Å². The van der Waals surface area contributed by atoms with E-state index in [0.717, 1.165) is 0 Å².